The fourth-order valence-electron chi connectivity index (χ4n) is 1.54. The van der Waals surface area contributed by atoms with Crippen molar-refractivity contribution in [3.05, 3.63) is 11.8 Å². The van der Waals surface area contributed by atoms with Gasteiger partial charge in [-0.2, -0.15) is 0 Å². The quantitative estimate of drug-likeness (QED) is 0.487. The summed E-state index contributed by atoms with van der Waals surface area (Å²) in [4.78, 5) is 0. The molecule has 0 bridgehead atoms. The van der Waals surface area contributed by atoms with Gasteiger partial charge in [-0.1, -0.05) is 39.7 Å². The molecule has 2 heteroatoms. The molecule has 3 N–H and O–H groups in total. The first kappa shape index (κ1) is 13.5. The topological polar surface area (TPSA) is 38.0 Å². The van der Waals surface area contributed by atoms with Crippen LogP contribution < -0.4 is 11.3 Å². The molecule has 1 unspecified atom stereocenters. The fraction of sp³-hybridized carbons (Fsp3) is 0.833. The summed E-state index contributed by atoms with van der Waals surface area (Å²) in [5.74, 6) is 6.78. The Morgan fingerprint density at radius 3 is 2.43 bits per heavy atom. The number of rotatable bonds is 7. The first-order valence-electron chi connectivity index (χ1n) is 5.76. The van der Waals surface area contributed by atoms with Gasteiger partial charge in [-0.15, -0.1) is 0 Å². The Balaban J connectivity index is 3.92. The number of hydrogen-bond acceptors (Lipinski definition) is 2. The maximum atomic E-state index is 5.33. The molecule has 0 aromatic heterocycles. The van der Waals surface area contributed by atoms with Crippen LogP contribution in [0.2, 0.25) is 0 Å². The molecule has 0 aromatic rings. The Morgan fingerprint density at radius 2 is 2.00 bits per heavy atom. The lowest BCUT2D eigenvalue weighted by atomic mass is 9.93. The van der Waals surface area contributed by atoms with E-state index in [4.69, 9.17) is 5.84 Å². The summed E-state index contributed by atoms with van der Waals surface area (Å²) >= 11 is 0. The van der Waals surface area contributed by atoms with Crippen LogP contribution in [0.25, 0.3) is 0 Å². The second-order valence-corrected chi connectivity index (χ2v) is 4.48. The lowest BCUT2D eigenvalue weighted by Crippen LogP contribution is -2.16. The molecule has 0 amide bonds. The number of nitrogens with two attached hydrogens (primary N) is 1. The van der Waals surface area contributed by atoms with Gasteiger partial charge in [0, 0.05) is 6.20 Å². The second kappa shape index (κ2) is 7.86. The van der Waals surface area contributed by atoms with Gasteiger partial charge in [-0.25, -0.2) is 0 Å². The molecule has 0 aliphatic carbocycles. The zero-order valence-electron chi connectivity index (χ0n) is 10.1. The number of hydrogen-bond donors (Lipinski definition) is 2. The van der Waals surface area contributed by atoms with E-state index in [1.165, 1.54) is 31.3 Å². The SMILES string of the molecule is CCC(C)/C(=C\NN)CCCC(C)C. The molecule has 0 radical (unpaired) electrons. The third kappa shape index (κ3) is 6.03. The summed E-state index contributed by atoms with van der Waals surface area (Å²) in [6.07, 6.45) is 6.91. The predicted molar refractivity (Wildman–Crippen MR) is 63.6 cm³/mol. The van der Waals surface area contributed by atoms with Crippen LogP contribution in [0.3, 0.4) is 0 Å². The van der Waals surface area contributed by atoms with Gasteiger partial charge in [0.15, 0.2) is 0 Å². The maximum absolute atomic E-state index is 5.33. The Hall–Kier alpha value is -0.500. The fourth-order valence-corrected chi connectivity index (χ4v) is 1.54. The van der Waals surface area contributed by atoms with Crippen LogP contribution in [-0.2, 0) is 0 Å². The summed E-state index contributed by atoms with van der Waals surface area (Å²) in [6, 6.07) is 0. The average molecular weight is 198 g/mol. The monoisotopic (exact) mass is 198 g/mol. The molecular weight excluding hydrogens is 172 g/mol. The number of nitrogens with one attached hydrogen (secondary N) is 1. The van der Waals surface area contributed by atoms with Gasteiger partial charge in [0.05, 0.1) is 0 Å². The van der Waals surface area contributed by atoms with Crippen molar-refractivity contribution in [2.24, 2.45) is 17.7 Å². The van der Waals surface area contributed by atoms with Crippen LogP contribution >= 0.6 is 0 Å². The first-order chi connectivity index (χ1) is 6.61. The standard InChI is InChI=1S/C12H26N2/c1-5-11(4)12(9-14-13)8-6-7-10(2)3/h9-11,14H,5-8,13H2,1-4H3/b12-9-. The largest absolute Gasteiger partial charge is 0.331 e. The molecule has 1 atom stereocenters. The van der Waals surface area contributed by atoms with Gasteiger partial charge < -0.3 is 5.43 Å². The van der Waals surface area contributed by atoms with Crippen molar-refractivity contribution in [3.63, 3.8) is 0 Å². The Bertz CT molecular complexity index is 162. The molecule has 14 heavy (non-hydrogen) atoms. The highest BCUT2D eigenvalue weighted by Gasteiger charge is 2.06. The minimum Gasteiger partial charge on any atom is -0.331 e. The smallest absolute Gasteiger partial charge is 0.0117 e. The van der Waals surface area contributed by atoms with E-state index in [2.05, 4.69) is 33.1 Å². The zero-order valence-corrected chi connectivity index (χ0v) is 10.1. The van der Waals surface area contributed by atoms with Gasteiger partial charge in [-0.05, 0) is 31.1 Å². The van der Waals surface area contributed by atoms with E-state index in [1.807, 2.05) is 6.20 Å². The van der Waals surface area contributed by atoms with E-state index in [-0.39, 0.29) is 0 Å². The normalized spacial score (nSPS) is 14.6. The van der Waals surface area contributed by atoms with Crippen LogP contribution in [0.15, 0.2) is 11.8 Å². The van der Waals surface area contributed by atoms with Crippen molar-refractivity contribution in [2.75, 3.05) is 0 Å². The molecule has 0 saturated carbocycles. The van der Waals surface area contributed by atoms with Crippen molar-refractivity contribution in [3.8, 4) is 0 Å². The second-order valence-electron chi connectivity index (χ2n) is 4.48. The Morgan fingerprint density at radius 1 is 1.36 bits per heavy atom. The molecule has 0 saturated heterocycles. The van der Waals surface area contributed by atoms with E-state index in [0.717, 1.165) is 5.92 Å². The van der Waals surface area contributed by atoms with Gasteiger partial charge in [0.2, 0.25) is 0 Å². The Kier molecular flexibility index (Phi) is 7.58. The van der Waals surface area contributed by atoms with Crippen molar-refractivity contribution in [1.82, 2.24) is 5.43 Å². The van der Waals surface area contributed by atoms with E-state index in [0.29, 0.717) is 5.92 Å². The highest BCUT2D eigenvalue weighted by Crippen LogP contribution is 2.20. The summed E-state index contributed by atoms with van der Waals surface area (Å²) in [5, 5.41) is 0. The lowest BCUT2D eigenvalue weighted by molar-refractivity contribution is 0.528. The van der Waals surface area contributed by atoms with Crippen molar-refractivity contribution in [1.29, 1.82) is 0 Å². The molecule has 0 spiro atoms. The van der Waals surface area contributed by atoms with Crippen LogP contribution in [0.5, 0.6) is 0 Å². The van der Waals surface area contributed by atoms with E-state index in [1.54, 1.807) is 0 Å². The van der Waals surface area contributed by atoms with Gasteiger partial charge in [-0.3, -0.25) is 5.84 Å². The molecule has 0 heterocycles. The molecule has 84 valence electrons. The van der Waals surface area contributed by atoms with Crippen LogP contribution in [0, 0.1) is 11.8 Å². The third-order valence-corrected chi connectivity index (χ3v) is 2.76. The minimum absolute atomic E-state index is 0.651. The molecule has 0 aromatic carbocycles. The first-order valence-corrected chi connectivity index (χ1v) is 5.76. The zero-order chi connectivity index (χ0) is 11.0. The van der Waals surface area contributed by atoms with E-state index < -0.39 is 0 Å². The van der Waals surface area contributed by atoms with Crippen LogP contribution in [-0.4, -0.2) is 0 Å². The highest BCUT2D eigenvalue weighted by molar-refractivity contribution is 5.03. The van der Waals surface area contributed by atoms with E-state index in [9.17, 15) is 0 Å². The molecular formula is C12H26N2. The van der Waals surface area contributed by atoms with Crippen molar-refractivity contribution < 1.29 is 0 Å². The lowest BCUT2D eigenvalue weighted by Gasteiger charge is -2.14. The number of allylic oxidation sites excluding steroid dienone is 1. The number of hydrazine groups is 1. The predicted octanol–water partition coefficient (Wildman–Crippen LogP) is 3.21. The molecule has 2 nitrogen and oxygen atoms in total. The minimum atomic E-state index is 0.651. The molecule has 0 aliphatic rings. The molecule has 0 aliphatic heterocycles. The van der Waals surface area contributed by atoms with Crippen LogP contribution in [0.1, 0.15) is 53.4 Å². The molecule has 0 rings (SSSR count). The highest BCUT2D eigenvalue weighted by atomic mass is 15.2. The maximum Gasteiger partial charge on any atom is 0.0117 e. The summed E-state index contributed by atoms with van der Waals surface area (Å²) in [6.45, 7) is 9.03. The Labute approximate surface area is 88.9 Å². The van der Waals surface area contributed by atoms with Crippen molar-refractivity contribution >= 4 is 0 Å². The average Bonchev–Trinajstić information content (AvgIpc) is 2.15. The van der Waals surface area contributed by atoms with Crippen LogP contribution in [0.4, 0.5) is 0 Å². The molecule has 0 fully saturated rings. The van der Waals surface area contributed by atoms with Crippen molar-refractivity contribution in [2.45, 2.75) is 53.4 Å². The summed E-state index contributed by atoms with van der Waals surface area (Å²) in [5.41, 5.74) is 4.11. The van der Waals surface area contributed by atoms with Gasteiger partial charge in [0.1, 0.15) is 0 Å². The summed E-state index contributed by atoms with van der Waals surface area (Å²) < 4.78 is 0. The van der Waals surface area contributed by atoms with Gasteiger partial charge in [0.25, 0.3) is 0 Å². The van der Waals surface area contributed by atoms with E-state index >= 15 is 0 Å². The third-order valence-electron chi connectivity index (χ3n) is 2.76. The summed E-state index contributed by atoms with van der Waals surface area (Å²) in [7, 11) is 0. The van der Waals surface area contributed by atoms with Gasteiger partial charge >= 0.3 is 0 Å².